The molecule has 0 fully saturated rings. The van der Waals surface area contributed by atoms with Crippen LogP contribution < -0.4 is 10.6 Å². The van der Waals surface area contributed by atoms with Gasteiger partial charge in [-0.2, -0.15) is 5.10 Å². The van der Waals surface area contributed by atoms with Gasteiger partial charge in [-0.05, 0) is 50.4 Å². The first-order chi connectivity index (χ1) is 14.4. The van der Waals surface area contributed by atoms with Crippen molar-refractivity contribution >= 4 is 34.8 Å². The lowest BCUT2D eigenvalue weighted by Crippen LogP contribution is -2.41. The van der Waals surface area contributed by atoms with Gasteiger partial charge in [-0.15, -0.1) is 11.3 Å². The van der Waals surface area contributed by atoms with Gasteiger partial charge >= 0.3 is 5.97 Å². The lowest BCUT2D eigenvalue weighted by molar-refractivity contribution is -0.117. The summed E-state index contributed by atoms with van der Waals surface area (Å²) in [6.45, 7) is 5.42. The molecule has 0 aliphatic rings. The molecule has 0 aliphatic heterocycles. The summed E-state index contributed by atoms with van der Waals surface area (Å²) < 4.78 is 6.64. The van der Waals surface area contributed by atoms with Crippen LogP contribution in [0, 0.1) is 6.92 Å². The zero-order chi connectivity index (χ0) is 21.7. The molecule has 0 saturated heterocycles. The van der Waals surface area contributed by atoms with Crippen molar-refractivity contribution in [1.82, 2.24) is 15.1 Å². The SMILES string of the molecule is CCOC(=O)c1cnn(-c2cccc(NC(=O)[C@@H](C)NC(=O)c3cccs3)c2)c1C. The molecular weight excluding hydrogens is 404 g/mol. The number of carbonyl (C=O) groups is 3. The number of hydrogen-bond acceptors (Lipinski definition) is 6. The predicted molar refractivity (Wildman–Crippen MR) is 114 cm³/mol. The Kier molecular flexibility index (Phi) is 6.63. The fourth-order valence-corrected chi connectivity index (χ4v) is 3.41. The van der Waals surface area contributed by atoms with E-state index in [1.807, 2.05) is 6.07 Å². The molecule has 8 nitrogen and oxygen atoms in total. The standard InChI is InChI=1S/C21H22N4O4S/c1-4-29-21(28)17-12-22-25(14(17)3)16-8-5-7-15(11-16)24-19(26)13(2)23-20(27)18-9-6-10-30-18/h5-13H,4H2,1-3H3,(H,23,27)(H,24,26)/t13-/m1/s1. The summed E-state index contributed by atoms with van der Waals surface area (Å²) in [4.78, 5) is 37.2. The topological polar surface area (TPSA) is 102 Å². The Hall–Kier alpha value is -3.46. The van der Waals surface area contributed by atoms with Crippen molar-refractivity contribution in [3.8, 4) is 5.69 Å². The zero-order valence-electron chi connectivity index (χ0n) is 16.8. The number of nitrogens with one attached hydrogen (secondary N) is 2. The molecule has 0 radical (unpaired) electrons. The number of esters is 1. The average Bonchev–Trinajstić information content (AvgIpc) is 3.38. The molecule has 2 heterocycles. The largest absolute Gasteiger partial charge is 0.462 e. The summed E-state index contributed by atoms with van der Waals surface area (Å²) in [5.41, 5.74) is 2.24. The number of carbonyl (C=O) groups excluding carboxylic acids is 3. The highest BCUT2D eigenvalue weighted by Crippen LogP contribution is 2.19. The third-order valence-corrected chi connectivity index (χ3v) is 5.22. The van der Waals surface area contributed by atoms with Crippen LogP contribution in [-0.2, 0) is 9.53 Å². The van der Waals surface area contributed by atoms with Gasteiger partial charge in [-0.25, -0.2) is 9.48 Å². The van der Waals surface area contributed by atoms with Crippen LogP contribution in [0.25, 0.3) is 5.69 Å². The van der Waals surface area contributed by atoms with E-state index in [2.05, 4.69) is 15.7 Å². The molecule has 1 atom stereocenters. The number of nitrogens with zero attached hydrogens (tertiary/aromatic N) is 2. The van der Waals surface area contributed by atoms with Crippen molar-refractivity contribution in [3.05, 3.63) is 64.1 Å². The summed E-state index contributed by atoms with van der Waals surface area (Å²) in [6, 6.07) is 9.81. The second kappa shape index (κ2) is 9.36. The fraction of sp³-hybridized carbons (Fsp3) is 0.238. The van der Waals surface area contributed by atoms with E-state index in [4.69, 9.17) is 4.74 Å². The third kappa shape index (κ3) is 4.74. The number of amides is 2. The molecule has 2 amide bonds. The van der Waals surface area contributed by atoms with Crippen molar-refractivity contribution in [2.75, 3.05) is 11.9 Å². The Morgan fingerprint density at radius 3 is 2.73 bits per heavy atom. The number of thiophene rings is 1. The minimum absolute atomic E-state index is 0.284. The van der Waals surface area contributed by atoms with Crippen LogP contribution in [0.3, 0.4) is 0 Å². The number of benzene rings is 1. The van der Waals surface area contributed by atoms with Gasteiger partial charge in [-0.3, -0.25) is 9.59 Å². The van der Waals surface area contributed by atoms with Crippen LogP contribution in [0.5, 0.6) is 0 Å². The second-order valence-corrected chi connectivity index (χ2v) is 7.44. The van der Waals surface area contributed by atoms with Crippen LogP contribution in [0.1, 0.15) is 39.6 Å². The normalized spacial score (nSPS) is 11.6. The number of rotatable bonds is 7. The van der Waals surface area contributed by atoms with Crippen LogP contribution in [0.15, 0.2) is 48.0 Å². The quantitative estimate of drug-likeness (QED) is 0.565. The Morgan fingerprint density at radius 1 is 1.23 bits per heavy atom. The van der Waals surface area contributed by atoms with Crippen LogP contribution in [-0.4, -0.2) is 40.2 Å². The molecule has 30 heavy (non-hydrogen) atoms. The molecule has 0 aliphatic carbocycles. The lowest BCUT2D eigenvalue weighted by atomic mass is 10.2. The lowest BCUT2D eigenvalue weighted by Gasteiger charge is -2.14. The first-order valence-corrected chi connectivity index (χ1v) is 10.3. The first kappa shape index (κ1) is 21.3. The van der Waals surface area contributed by atoms with Gasteiger partial charge in [0.2, 0.25) is 5.91 Å². The third-order valence-electron chi connectivity index (χ3n) is 4.35. The highest BCUT2D eigenvalue weighted by molar-refractivity contribution is 7.12. The minimum atomic E-state index is -0.717. The molecule has 0 spiro atoms. The summed E-state index contributed by atoms with van der Waals surface area (Å²) >= 11 is 1.31. The molecule has 3 aromatic rings. The maximum Gasteiger partial charge on any atom is 0.341 e. The summed E-state index contributed by atoms with van der Waals surface area (Å²) in [6.07, 6.45) is 1.46. The van der Waals surface area contributed by atoms with Gasteiger partial charge in [0.1, 0.15) is 11.6 Å². The minimum Gasteiger partial charge on any atom is -0.462 e. The van der Waals surface area contributed by atoms with E-state index in [-0.39, 0.29) is 18.4 Å². The van der Waals surface area contributed by atoms with Crippen molar-refractivity contribution in [1.29, 1.82) is 0 Å². The van der Waals surface area contributed by atoms with Crippen molar-refractivity contribution < 1.29 is 19.1 Å². The van der Waals surface area contributed by atoms with E-state index >= 15 is 0 Å². The molecule has 1 aromatic carbocycles. The number of anilines is 1. The molecule has 3 rings (SSSR count). The summed E-state index contributed by atoms with van der Waals surface area (Å²) in [5, 5.41) is 11.5. The van der Waals surface area contributed by atoms with Gasteiger partial charge in [0.05, 0.1) is 29.1 Å². The molecule has 0 saturated carbocycles. The van der Waals surface area contributed by atoms with Gasteiger partial charge in [0.25, 0.3) is 5.91 Å². The van der Waals surface area contributed by atoms with E-state index in [1.54, 1.807) is 61.2 Å². The molecule has 0 bridgehead atoms. The Bertz CT molecular complexity index is 1060. The van der Waals surface area contributed by atoms with E-state index in [0.717, 1.165) is 0 Å². The summed E-state index contributed by atoms with van der Waals surface area (Å²) in [7, 11) is 0. The maximum absolute atomic E-state index is 12.5. The van der Waals surface area contributed by atoms with Crippen molar-refractivity contribution in [2.45, 2.75) is 26.8 Å². The van der Waals surface area contributed by atoms with E-state index in [0.29, 0.717) is 27.5 Å². The predicted octanol–water partition coefficient (Wildman–Crippen LogP) is 3.18. The maximum atomic E-state index is 12.5. The van der Waals surface area contributed by atoms with Gasteiger partial charge in [0, 0.05) is 5.69 Å². The molecule has 156 valence electrons. The van der Waals surface area contributed by atoms with Gasteiger partial charge in [-0.1, -0.05) is 12.1 Å². The van der Waals surface area contributed by atoms with E-state index in [9.17, 15) is 14.4 Å². The van der Waals surface area contributed by atoms with E-state index < -0.39 is 12.0 Å². The molecule has 0 unspecified atom stereocenters. The van der Waals surface area contributed by atoms with Crippen molar-refractivity contribution in [3.63, 3.8) is 0 Å². The van der Waals surface area contributed by atoms with Gasteiger partial charge in [0.15, 0.2) is 0 Å². The second-order valence-electron chi connectivity index (χ2n) is 6.49. The summed E-state index contributed by atoms with van der Waals surface area (Å²) in [5.74, 6) is -1.07. The molecule has 2 aromatic heterocycles. The van der Waals surface area contributed by atoms with E-state index in [1.165, 1.54) is 17.5 Å². The molecule has 9 heteroatoms. The van der Waals surface area contributed by atoms with Crippen LogP contribution in [0.2, 0.25) is 0 Å². The van der Waals surface area contributed by atoms with Crippen LogP contribution >= 0.6 is 11.3 Å². The Morgan fingerprint density at radius 2 is 2.03 bits per heavy atom. The average molecular weight is 426 g/mol. The Labute approximate surface area is 177 Å². The number of aromatic nitrogens is 2. The highest BCUT2D eigenvalue weighted by atomic mass is 32.1. The zero-order valence-corrected chi connectivity index (χ0v) is 17.7. The first-order valence-electron chi connectivity index (χ1n) is 9.38. The van der Waals surface area contributed by atoms with Gasteiger partial charge < -0.3 is 15.4 Å². The molecule has 2 N–H and O–H groups in total. The number of ether oxygens (including phenoxy) is 1. The number of hydrogen-bond donors (Lipinski definition) is 2. The van der Waals surface area contributed by atoms with Crippen LogP contribution in [0.4, 0.5) is 5.69 Å². The molecular formula is C21H22N4O4S. The van der Waals surface area contributed by atoms with Crippen molar-refractivity contribution in [2.24, 2.45) is 0 Å². The highest BCUT2D eigenvalue weighted by Gasteiger charge is 2.19. The Balaban J connectivity index is 1.70. The fourth-order valence-electron chi connectivity index (χ4n) is 2.79. The monoisotopic (exact) mass is 426 g/mol. The smallest absolute Gasteiger partial charge is 0.341 e.